The van der Waals surface area contributed by atoms with Gasteiger partial charge in [-0.3, -0.25) is 14.4 Å². The van der Waals surface area contributed by atoms with Crippen LogP contribution in [0.1, 0.15) is 52.9 Å². The standard InChI is InChI=1S/C27H30N6O4/c1-17-15-33(24-14-21(27(37)28-3)9-10-22(17)24)18(2)26(36)30-23-13-19(16-32-12-11-29-31-32)7-8-20(23)5-4-6-25(34)35/h7-15,18H,4-6,16H2,1-3H3,(H,28,37)(H,30,36)(H,34,35). The van der Waals surface area contributed by atoms with Crippen LogP contribution in [0.4, 0.5) is 5.69 Å². The Kier molecular flexibility index (Phi) is 7.66. The first-order valence-electron chi connectivity index (χ1n) is 12.1. The molecular weight excluding hydrogens is 472 g/mol. The largest absolute Gasteiger partial charge is 0.481 e. The van der Waals surface area contributed by atoms with Crippen molar-refractivity contribution in [3.8, 4) is 0 Å². The van der Waals surface area contributed by atoms with Crippen LogP contribution in [0.5, 0.6) is 0 Å². The molecule has 192 valence electrons. The topological polar surface area (TPSA) is 131 Å². The van der Waals surface area contributed by atoms with E-state index in [1.807, 2.05) is 48.9 Å². The van der Waals surface area contributed by atoms with Gasteiger partial charge in [0.1, 0.15) is 6.04 Å². The van der Waals surface area contributed by atoms with Crippen LogP contribution in [0.25, 0.3) is 10.9 Å². The maximum atomic E-state index is 13.5. The maximum Gasteiger partial charge on any atom is 0.303 e. The number of anilines is 1. The highest BCUT2D eigenvalue weighted by molar-refractivity contribution is 6.00. The van der Waals surface area contributed by atoms with Crippen molar-refractivity contribution in [1.82, 2.24) is 24.9 Å². The summed E-state index contributed by atoms with van der Waals surface area (Å²) >= 11 is 0. The van der Waals surface area contributed by atoms with Crippen molar-refractivity contribution >= 4 is 34.4 Å². The van der Waals surface area contributed by atoms with E-state index in [9.17, 15) is 14.4 Å². The molecule has 0 bridgehead atoms. The molecule has 1 atom stereocenters. The molecular formula is C27H30N6O4. The summed E-state index contributed by atoms with van der Waals surface area (Å²) in [6.07, 6.45) is 6.29. The highest BCUT2D eigenvalue weighted by Gasteiger charge is 2.20. The van der Waals surface area contributed by atoms with Crippen LogP contribution >= 0.6 is 0 Å². The van der Waals surface area contributed by atoms with E-state index in [1.54, 1.807) is 36.3 Å². The number of carbonyl (C=O) groups excluding carboxylic acids is 2. The van der Waals surface area contributed by atoms with Crippen molar-refractivity contribution in [2.24, 2.45) is 0 Å². The molecule has 10 nitrogen and oxygen atoms in total. The number of nitrogens with one attached hydrogen (secondary N) is 2. The molecule has 3 N–H and O–H groups in total. The third kappa shape index (κ3) is 5.85. The van der Waals surface area contributed by atoms with Crippen LogP contribution in [0, 0.1) is 6.92 Å². The number of rotatable bonds is 10. The fraction of sp³-hybridized carbons (Fsp3) is 0.296. The van der Waals surface area contributed by atoms with Crippen molar-refractivity contribution in [2.45, 2.75) is 45.7 Å². The Morgan fingerprint density at radius 2 is 1.95 bits per heavy atom. The number of hydrogen-bond acceptors (Lipinski definition) is 5. The Labute approximate surface area is 214 Å². The lowest BCUT2D eigenvalue weighted by Gasteiger charge is -2.18. The van der Waals surface area contributed by atoms with Gasteiger partial charge in [-0.1, -0.05) is 23.4 Å². The van der Waals surface area contributed by atoms with Gasteiger partial charge in [-0.2, -0.15) is 0 Å². The second kappa shape index (κ2) is 11.1. The lowest BCUT2D eigenvalue weighted by atomic mass is 10.0. The van der Waals surface area contributed by atoms with Crippen LogP contribution in [0.3, 0.4) is 0 Å². The number of carboxylic acid groups (broad SMARTS) is 1. The lowest BCUT2D eigenvalue weighted by Crippen LogP contribution is -2.24. The third-order valence-electron chi connectivity index (χ3n) is 6.40. The summed E-state index contributed by atoms with van der Waals surface area (Å²) in [5.74, 6) is -1.27. The predicted octanol–water partition coefficient (Wildman–Crippen LogP) is 3.56. The fourth-order valence-electron chi connectivity index (χ4n) is 4.39. The lowest BCUT2D eigenvalue weighted by molar-refractivity contribution is -0.137. The highest BCUT2D eigenvalue weighted by Crippen LogP contribution is 2.27. The zero-order chi connectivity index (χ0) is 26.5. The fourth-order valence-corrected chi connectivity index (χ4v) is 4.39. The summed E-state index contributed by atoms with van der Waals surface area (Å²) in [6, 6.07) is 10.6. The van der Waals surface area contributed by atoms with Crippen molar-refractivity contribution in [2.75, 3.05) is 12.4 Å². The number of carbonyl (C=O) groups is 3. The van der Waals surface area contributed by atoms with E-state index >= 15 is 0 Å². The summed E-state index contributed by atoms with van der Waals surface area (Å²) in [7, 11) is 1.58. The average molecular weight is 503 g/mol. The number of amides is 2. The molecule has 37 heavy (non-hydrogen) atoms. The van der Waals surface area contributed by atoms with Gasteiger partial charge in [-0.15, -0.1) is 5.10 Å². The number of aryl methyl sites for hydroxylation is 2. The van der Waals surface area contributed by atoms with E-state index in [4.69, 9.17) is 5.11 Å². The molecule has 2 heterocycles. The first-order chi connectivity index (χ1) is 17.8. The molecule has 0 radical (unpaired) electrons. The van der Waals surface area contributed by atoms with Gasteiger partial charge in [0.2, 0.25) is 5.91 Å². The first-order valence-corrected chi connectivity index (χ1v) is 12.1. The number of nitrogens with zero attached hydrogens (tertiary/aromatic N) is 4. The van der Waals surface area contributed by atoms with E-state index < -0.39 is 12.0 Å². The molecule has 0 aliphatic carbocycles. The Morgan fingerprint density at radius 1 is 1.14 bits per heavy atom. The monoisotopic (exact) mass is 502 g/mol. The maximum absolute atomic E-state index is 13.5. The van der Waals surface area contributed by atoms with Crippen molar-refractivity contribution in [3.63, 3.8) is 0 Å². The number of aliphatic carboxylic acids is 1. The second-order valence-electron chi connectivity index (χ2n) is 9.04. The summed E-state index contributed by atoms with van der Waals surface area (Å²) in [6.45, 7) is 4.26. The quantitative estimate of drug-likeness (QED) is 0.304. The number of carboxylic acids is 1. The van der Waals surface area contributed by atoms with Crippen molar-refractivity contribution < 1.29 is 19.5 Å². The van der Waals surface area contributed by atoms with E-state index in [2.05, 4.69) is 20.9 Å². The van der Waals surface area contributed by atoms with Gasteiger partial charge in [0, 0.05) is 48.0 Å². The molecule has 0 saturated heterocycles. The van der Waals surface area contributed by atoms with Crippen LogP contribution in [0.15, 0.2) is 55.0 Å². The molecule has 2 aromatic carbocycles. The van der Waals surface area contributed by atoms with Crippen molar-refractivity contribution in [3.05, 3.63) is 77.2 Å². The van der Waals surface area contributed by atoms with Crippen LogP contribution in [-0.2, 0) is 22.6 Å². The molecule has 0 fully saturated rings. The van der Waals surface area contributed by atoms with E-state index in [0.717, 1.165) is 27.6 Å². The van der Waals surface area contributed by atoms with E-state index in [1.165, 1.54) is 0 Å². The zero-order valence-corrected chi connectivity index (χ0v) is 21.1. The Hall–Kier alpha value is -4.47. The number of hydrogen-bond donors (Lipinski definition) is 3. The van der Waals surface area contributed by atoms with Crippen LogP contribution in [-0.4, -0.2) is 49.5 Å². The SMILES string of the molecule is CNC(=O)c1ccc2c(C)cn(C(C)C(=O)Nc3cc(Cn4ccnn4)ccc3CCCC(=O)O)c2c1. The smallest absolute Gasteiger partial charge is 0.303 e. The normalized spacial score (nSPS) is 11.9. The van der Waals surface area contributed by atoms with Gasteiger partial charge in [-0.05, 0) is 61.6 Å². The molecule has 0 aliphatic rings. The summed E-state index contributed by atoms with van der Waals surface area (Å²) in [5, 5.41) is 23.5. The van der Waals surface area contributed by atoms with Gasteiger partial charge in [0.25, 0.3) is 5.91 Å². The zero-order valence-electron chi connectivity index (χ0n) is 21.1. The van der Waals surface area contributed by atoms with Gasteiger partial charge in [-0.25, -0.2) is 4.68 Å². The van der Waals surface area contributed by atoms with E-state index in [0.29, 0.717) is 30.6 Å². The Bertz CT molecular complexity index is 1440. The molecule has 10 heteroatoms. The predicted molar refractivity (Wildman–Crippen MR) is 140 cm³/mol. The van der Waals surface area contributed by atoms with Gasteiger partial charge in [0.05, 0.1) is 12.7 Å². The second-order valence-corrected chi connectivity index (χ2v) is 9.04. The highest BCUT2D eigenvalue weighted by atomic mass is 16.4. The molecule has 1 unspecified atom stereocenters. The van der Waals surface area contributed by atoms with Crippen LogP contribution in [0.2, 0.25) is 0 Å². The molecule has 0 spiro atoms. The van der Waals surface area contributed by atoms with Crippen LogP contribution < -0.4 is 10.6 Å². The van der Waals surface area contributed by atoms with Gasteiger partial charge < -0.3 is 20.3 Å². The molecule has 0 aliphatic heterocycles. The molecule has 0 saturated carbocycles. The summed E-state index contributed by atoms with van der Waals surface area (Å²) in [5.41, 5.74) is 4.74. The number of aromatic nitrogens is 4. The Morgan fingerprint density at radius 3 is 2.65 bits per heavy atom. The minimum atomic E-state index is -0.854. The third-order valence-corrected chi connectivity index (χ3v) is 6.40. The minimum Gasteiger partial charge on any atom is -0.481 e. The molecule has 2 aromatic heterocycles. The number of fused-ring (bicyclic) bond motifs is 1. The van der Waals surface area contributed by atoms with Gasteiger partial charge in [0.15, 0.2) is 0 Å². The first kappa shape index (κ1) is 25.6. The number of benzene rings is 2. The average Bonchev–Trinajstić information content (AvgIpc) is 3.51. The Balaban J connectivity index is 1.62. The van der Waals surface area contributed by atoms with E-state index in [-0.39, 0.29) is 18.2 Å². The minimum absolute atomic E-state index is 0.0484. The molecule has 2 amide bonds. The van der Waals surface area contributed by atoms with Gasteiger partial charge >= 0.3 is 5.97 Å². The van der Waals surface area contributed by atoms with Crippen molar-refractivity contribution in [1.29, 1.82) is 0 Å². The summed E-state index contributed by atoms with van der Waals surface area (Å²) < 4.78 is 3.56. The molecule has 4 aromatic rings. The molecule has 4 rings (SSSR count). The summed E-state index contributed by atoms with van der Waals surface area (Å²) in [4.78, 5) is 36.7.